The number of aromatic nitrogens is 1. The molecule has 0 aliphatic rings. The highest BCUT2D eigenvalue weighted by molar-refractivity contribution is 7.92. The zero-order valence-corrected chi connectivity index (χ0v) is 18.1. The molecule has 0 saturated heterocycles. The Morgan fingerprint density at radius 3 is 2.45 bits per heavy atom. The minimum absolute atomic E-state index is 0.111. The summed E-state index contributed by atoms with van der Waals surface area (Å²) in [4.78, 5) is 16.1. The van der Waals surface area contributed by atoms with E-state index in [4.69, 9.17) is 0 Å². The van der Waals surface area contributed by atoms with E-state index in [0.717, 1.165) is 22.2 Å². The maximum atomic E-state index is 13.0. The number of aryl methyl sites for hydroxylation is 1. The smallest absolute Gasteiger partial charge is 0.264 e. The molecule has 3 aromatic carbocycles. The van der Waals surface area contributed by atoms with Gasteiger partial charge in [-0.1, -0.05) is 42.5 Å². The van der Waals surface area contributed by atoms with Crippen molar-refractivity contribution in [2.75, 3.05) is 16.7 Å². The van der Waals surface area contributed by atoms with Gasteiger partial charge >= 0.3 is 0 Å². The van der Waals surface area contributed by atoms with Crippen LogP contribution in [0.5, 0.6) is 0 Å². The average molecular weight is 434 g/mol. The molecule has 6 nitrogen and oxygen atoms in total. The zero-order chi connectivity index (χ0) is 22.0. The maximum absolute atomic E-state index is 13.0. The Balaban J connectivity index is 1.54. The Hall–Kier alpha value is -3.58. The van der Waals surface area contributed by atoms with Gasteiger partial charge in [0.2, 0.25) is 5.91 Å². The molecule has 4 rings (SSSR count). The molecule has 1 amide bonds. The van der Waals surface area contributed by atoms with Crippen molar-refractivity contribution < 1.29 is 13.2 Å². The molecule has 1 aromatic heterocycles. The van der Waals surface area contributed by atoms with Gasteiger partial charge < -0.3 is 10.3 Å². The van der Waals surface area contributed by atoms with E-state index >= 15 is 0 Å². The van der Waals surface area contributed by atoms with Crippen molar-refractivity contribution in [2.24, 2.45) is 0 Å². The standard InChI is InChI=1S/C24H23N3O3S/c1-17-22(21-13-6-7-14-23(21)25-17)16-24(28)26-18-9-8-12-20(15-18)31(29,30)27(2)19-10-4-3-5-11-19/h3-15,25H,16H2,1-2H3,(H,26,28). The van der Waals surface area contributed by atoms with Crippen molar-refractivity contribution in [1.29, 1.82) is 0 Å². The summed E-state index contributed by atoms with van der Waals surface area (Å²) >= 11 is 0. The third-order valence-corrected chi connectivity index (χ3v) is 7.04. The fraction of sp³-hybridized carbons (Fsp3) is 0.125. The lowest BCUT2D eigenvalue weighted by atomic mass is 10.1. The molecule has 1 heterocycles. The highest BCUT2D eigenvalue weighted by atomic mass is 32.2. The number of benzene rings is 3. The van der Waals surface area contributed by atoms with Crippen molar-refractivity contribution in [3.05, 3.63) is 90.1 Å². The van der Waals surface area contributed by atoms with Crippen LogP contribution >= 0.6 is 0 Å². The lowest BCUT2D eigenvalue weighted by Crippen LogP contribution is -2.26. The molecule has 0 bridgehead atoms. The molecule has 4 aromatic rings. The van der Waals surface area contributed by atoms with E-state index in [-0.39, 0.29) is 17.2 Å². The van der Waals surface area contributed by atoms with E-state index in [1.165, 1.54) is 23.5 Å². The summed E-state index contributed by atoms with van der Waals surface area (Å²) in [5.74, 6) is -0.209. The number of amides is 1. The van der Waals surface area contributed by atoms with E-state index in [9.17, 15) is 13.2 Å². The number of H-pyrrole nitrogens is 1. The van der Waals surface area contributed by atoms with Crippen LogP contribution in [0.2, 0.25) is 0 Å². The number of anilines is 2. The van der Waals surface area contributed by atoms with E-state index in [1.807, 2.05) is 37.3 Å². The van der Waals surface area contributed by atoms with Crippen LogP contribution in [-0.2, 0) is 21.2 Å². The Labute approximate surface area is 181 Å². The molecule has 0 aliphatic carbocycles. The number of aromatic amines is 1. The van der Waals surface area contributed by atoms with Crippen LogP contribution in [0.3, 0.4) is 0 Å². The van der Waals surface area contributed by atoms with Crippen LogP contribution in [0.25, 0.3) is 10.9 Å². The third-order valence-electron chi connectivity index (χ3n) is 5.26. The fourth-order valence-electron chi connectivity index (χ4n) is 3.60. The first-order chi connectivity index (χ1) is 14.9. The van der Waals surface area contributed by atoms with Gasteiger partial charge in [-0.25, -0.2) is 8.42 Å². The first-order valence-corrected chi connectivity index (χ1v) is 11.3. The summed E-state index contributed by atoms with van der Waals surface area (Å²) in [5, 5.41) is 3.84. The van der Waals surface area contributed by atoms with Gasteiger partial charge in [0.25, 0.3) is 10.0 Å². The predicted octanol–water partition coefficient (Wildman–Crippen LogP) is 4.48. The molecular formula is C24H23N3O3S. The Kier molecular flexibility index (Phi) is 5.52. The number of carbonyl (C=O) groups is 1. The third kappa shape index (κ3) is 4.18. The minimum Gasteiger partial charge on any atom is -0.358 e. The van der Waals surface area contributed by atoms with Crippen molar-refractivity contribution >= 4 is 38.2 Å². The predicted molar refractivity (Wildman–Crippen MR) is 124 cm³/mol. The van der Waals surface area contributed by atoms with Gasteiger partial charge in [-0.3, -0.25) is 9.10 Å². The quantitative estimate of drug-likeness (QED) is 0.470. The molecule has 0 spiro atoms. The Morgan fingerprint density at radius 2 is 1.68 bits per heavy atom. The lowest BCUT2D eigenvalue weighted by molar-refractivity contribution is -0.115. The topological polar surface area (TPSA) is 82.3 Å². The molecule has 0 saturated carbocycles. The number of nitrogens with zero attached hydrogens (tertiary/aromatic N) is 1. The fourth-order valence-corrected chi connectivity index (χ4v) is 4.84. The molecule has 0 radical (unpaired) electrons. The number of rotatable bonds is 6. The number of hydrogen-bond donors (Lipinski definition) is 2. The minimum atomic E-state index is -3.76. The average Bonchev–Trinajstić information content (AvgIpc) is 3.09. The SMILES string of the molecule is Cc1[nH]c2ccccc2c1CC(=O)Nc1cccc(S(=O)(=O)N(C)c2ccccc2)c1. The largest absolute Gasteiger partial charge is 0.358 e. The first kappa shape index (κ1) is 20.7. The van der Waals surface area contributed by atoms with Crippen LogP contribution < -0.4 is 9.62 Å². The van der Waals surface area contributed by atoms with Crippen LogP contribution in [0.15, 0.2) is 83.8 Å². The van der Waals surface area contributed by atoms with Gasteiger partial charge in [-0.2, -0.15) is 0 Å². The maximum Gasteiger partial charge on any atom is 0.264 e. The van der Waals surface area contributed by atoms with Gasteiger partial charge in [0.05, 0.1) is 17.0 Å². The second-order valence-electron chi connectivity index (χ2n) is 7.34. The van der Waals surface area contributed by atoms with E-state index < -0.39 is 10.0 Å². The molecule has 0 atom stereocenters. The second-order valence-corrected chi connectivity index (χ2v) is 9.30. The molecule has 0 fully saturated rings. The molecule has 2 N–H and O–H groups in total. The van der Waals surface area contributed by atoms with Gasteiger partial charge in [-0.15, -0.1) is 0 Å². The number of nitrogens with one attached hydrogen (secondary N) is 2. The van der Waals surface area contributed by atoms with Crippen LogP contribution in [0.1, 0.15) is 11.3 Å². The van der Waals surface area contributed by atoms with Crippen LogP contribution in [0.4, 0.5) is 11.4 Å². The molecule has 31 heavy (non-hydrogen) atoms. The van der Waals surface area contributed by atoms with Gasteiger partial charge in [0, 0.05) is 29.3 Å². The van der Waals surface area contributed by atoms with Crippen molar-refractivity contribution in [2.45, 2.75) is 18.2 Å². The normalized spacial score (nSPS) is 11.4. The van der Waals surface area contributed by atoms with E-state index in [0.29, 0.717) is 11.4 Å². The summed E-state index contributed by atoms with van der Waals surface area (Å²) in [6, 6.07) is 23.0. The highest BCUT2D eigenvalue weighted by Gasteiger charge is 2.22. The molecule has 0 unspecified atom stereocenters. The van der Waals surface area contributed by atoms with Gasteiger partial charge in [0.15, 0.2) is 0 Å². The first-order valence-electron chi connectivity index (χ1n) is 9.86. The van der Waals surface area contributed by atoms with E-state index in [2.05, 4.69) is 10.3 Å². The van der Waals surface area contributed by atoms with Crippen molar-refractivity contribution in [3.8, 4) is 0 Å². The number of hydrogen-bond acceptors (Lipinski definition) is 3. The van der Waals surface area contributed by atoms with Crippen molar-refractivity contribution in [3.63, 3.8) is 0 Å². The van der Waals surface area contributed by atoms with Gasteiger partial charge in [-0.05, 0) is 48.9 Å². The summed E-state index contributed by atoms with van der Waals surface area (Å²) in [6.07, 6.45) is 0.191. The van der Waals surface area contributed by atoms with Crippen molar-refractivity contribution in [1.82, 2.24) is 4.98 Å². The Bertz CT molecular complexity index is 1350. The number of fused-ring (bicyclic) bond motifs is 1. The monoisotopic (exact) mass is 433 g/mol. The lowest BCUT2D eigenvalue weighted by Gasteiger charge is -2.20. The molecular weight excluding hydrogens is 410 g/mol. The van der Waals surface area contributed by atoms with Crippen LogP contribution in [0, 0.1) is 6.92 Å². The summed E-state index contributed by atoms with van der Waals surface area (Å²) in [7, 11) is -2.25. The number of sulfonamides is 1. The highest BCUT2D eigenvalue weighted by Crippen LogP contribution is 2.25. The van der Waals surface area contributed by atoms with E-state index in [1.54, 1.807) is 36.4 Å². The molecule has 0 aliphatic heterocycles. The zero-order valence-electron chi connectivity index (χ0n) is 17.3. The van der Waals surface area contributed by atoms with Crippen LogP contribution in [-0.4, -0.2) is 26.4 Å². The Morgan fingerprint density at radius 1 is 0.968 bits per heavy atom. The second kappa shape index (κ2) is 8.28. The molecule has 158 valence electrons. The van der Waals surface area contributed by atoms with Gasteiger partial charge in [0.1, 0.15) is 0 Å². The molecule has 7 heteroatoms. The number of para-hydroxylation sites is 2. The number of carbonyl (C=O) groups excluding carboxylic acids is 1. The summed E-state index contributed by atoms with van der Waals surface area (Å²) in [5.41, 5.74) is 3.86. The summed E-state index contributed by atoms with van der Waals surface area (Å²) in [6.45, 7) is 1.94. The summed E-state index contributed by atoms with van der Waals surface area (Å²) < 4.78 is 27.3.